The Labute approximate surface area is 207 Å². The third-order valence-corrected chi connectivity index (χ3v) is 7.36. The maximum absolute atomic E-state index is 14.3. The van der Waals surface area contributed by atoms with Gasteiger partial charge in [0.25, 0.3) is 0 Å². The Bertz CT molecular complexity index is 1200. The molecule has 2 aliphatic heterocycles. The molecule has 2 N–H and O–H groups in total. The molecule has 3 fully saturated rings. The van der Waals surface area contributed by atoms with E-state index in [1.165, 1.54) is 6.07 Å². The molecule has 0 spiro atoms. The van der Waals surface area contributed by atoms with Crippen molar-refractivity contribution in [3.05, 3.63) is 53.6 Å². The van der Waals surface area contributed by atoms with E-state index in [1.54, 1.807) is 12.4 Å². The molecule has 9 nitrogen and oxygen atoms in total. The van der Waals surface area contributed by atoms with Crippen LogP contribution in [0.3, 0.4) is 0 Å². The van der Waals surface area contributed by atoms with Crippen molar-refractivity contribution in [1.82, 2.24) is 20.1 Å². The summed E-state index contributed by atoms with van der Waals surface area (Å²) in [5, 5.41) is 4.11. The van der Waals surface area contributed by atoms with Gasteiger partial charge < -0.3 is 24.8 Å². The highest BCUT2D eigenvalue weighted by molar-refractivity contribution is 5.39. The highest BCUT2D eigenvalue weighted by Crippen LogP contribution is 2.39. The first-order valence-corrected chi connectivity index (χ1v) is 12.5. The quantitative estimate of drug-likeness (QED) is 0.526. The third kappa shape index (κ3) is 4.84. The molecule has 0 bridgehead atoms. The molecule has 4 heterocycles. The van der Waals surface area contributed by atoms with Crippen LogP contribution in [0.1, 0.15) is 48.9 Å². The van der Waals surface area contributed by atoms with Crippen LogP contribution in [0.25, 0.3) is 0 Å². The van der Waals surface area contributed by atoms with E-state index in [9.17, 15) is 8.78 Å². The zero-order valence-corrected chi connectivity index (χ0v) is 19.9. The second-order valence-electron chi connectivity index (χ2n) is 10.0. The Balaban J connectivity index is 0.995. The van der Waals surface area contributed by atoms with E-state index in [1.807, 2.05) is 4.90 Å². The number of rotatable bonds is 7. The monoisotopic (exact) mass is 497 g/mol. The Morgan fingerprint density at radius 1 is 1.03 bits per heavy atom. The minimum atomic E-state index is -0.474. The van der Waals surface area contributed by atoms with Gasteiger partial charge in [-0.2, -0.15) is 4.98 Å². The molecule has 11 heteroatoms. The molecule has 6 rings (SSSR count). The second kappa shape index (κ2) is 9.61. The van der Waals surface area contributed by atoms with E-state index in [4.69, 9.17) is 15.0 Å². The van der Waals surface area contributed by atoms with Gasteiger partial charge in [-0.25, -0.2) is 18.7 Å². The minimum absolute atomic E-state index is 0.290. The Morgan fingerprint density at radius 2 is 1.81 bits per heavy atom. The summed E-state index contributed by atoms with van der Waals surface area (Å²) in [6.45, 7) is 3.18. The van der Waals surface area contributed by atoms with E-state index in [2.05, 4.69) is 25.0 Å². The summed E-state index contributed by atoms with van der Waals surface area (Å²) in [7, 11) is 0. The Hall–Kier alpha value is -3.34. The predicted molar refractivity (Wildman–Crippen MR) is 128 cm³/mol. The summed E-state index contributed by atoms with van der Waals surface area (Å²) in [5.74, 6) is 1.59. The number of hydrogen-bond acceptors (Lipinski definition) is 9. The molecule has 0 amide bonds. The van der Waals surface area contributed by atoms with Crippen LogP contribution < -0.4 is 20.3 Å². The first-order valence-electron chi connectivity index (χ1n) is 12.5. The van der Waals surface area contributed by atoms with Gasteiger partial charge in [0.2, 0.25) is 5.95 Å². The van der Waals surface area contributed by atoms with E-state index in [0.29, 0.717) is 54.8 Å². The van der Waals surface area contributed by atoms with Gasteiger partial charge in [0.1, 0.15) is 11.6 Å². The van der Waals surface area contributed by atoms with Crippen molar-refractivity contribution in [2.24, 2.45) is 11.7 Å². The van der Waals surface area contributed by atoms with E-state index < -0.39 is 11.6 Å². The lowest BCUT2D eigenvalue weighted by atomic mass is 9.94. The fraction of sp³-hybridized carbons (Fsp3) is 0.520. The highest BCUT2D eigenvalue weighted by atomic mass is 19.1. The molecule has 2 aromatic heterocycles. The van der Waals surface area contributed by atoms with Crippen LogP contribution in [0.4, 0.5) is 20.7 Å². The smallest absolute Gasteiger partial charge is 0.324 e. The molecule has 190 valence electrons. The summed E-state index contributed by atoms with van der Waals surface area (Å²) >= 11 is 0. The number of halogens is 2. The van der Waals surface area contributed by atoms with Gasteiger partial charge >= 0.3 is 6.01 Å². The summed E-state index contributed by atoms with van der Waals surface area (Å²) < 4.78 is 39.3. The average molecular weight is 498 g/mol. The van der Waals surface area contributed by atoms with Gasteiger partial charge in [-0.3, -0.25) is 0 Å². The zero-order chi connectivity index (χ0) is 24.6. The summed E-state index contributed by atoms with van der Waals surface area (Å²) in [6.07, 6.45) is 7.57. The van der Waals surface area contributed by atoms with Gasteiger partial charge in [0.05, 0.1) is 19.0 Å². The van der Waals surface area contributed by atoms with Crippen molar-refractivity contribution < 1.29 is 18.0 Å². The lowest BCUT2D eigenvalue weighted by Crippen LogP contribution is -2.35. The van der Waals surface area contributed by atoms with Crippen molar-refractivity contribution in [3.8, 4) is 5.75 Å². The SMILES string of the molecule is N[C@H]1CN(c2ncc(OCC3CCN(c4nc(C5CC5)no4)CC3)cn2)C[C@@H]1c1cc(F)ccc1F. The summed E-state index contributed by atoms with van der Waals surface area (Å²) in [5.41, 5.74) is 6.54. The van der Waals surface area contributed by atoms with Crippen LogP contribution in [0, 0.1) is 17.6 Å². The number of nitrogens with two attached hydrogens (primary N) is 1. The lowest BCUT2D eigenvalue weighted by Gasteiger charge is -2.30. The molecule has 1 aromatic carbocycles. The van der Waals surface area contributed by atoms with Gasteiger partial charge in [-0.05, 0) is 55.4 Å². The van der Waals surface area contributed by atoms with Crippen molar-refractivity contribution in [1.29, 1.82) is 0 Å². The van der Waals surface area contributed by atoms with Gasteiger partial charge in [0.15, 0.2) is 11.6 Å². The van der Waals surface area contributed by atoms with Crippen molar-refractivity contribution >= 4 is 12.0 Å². The topological polar surface area (TPSA) is 106 Å². The van der Waals surface area contributed by atoms with Crippen molar-refractivity contribution in [2.75, 3.05) is 42.6 Å². The predicted octanol–water partition coefficient (Wildman–Crippen LogP) is 3.24. The number of aromatic nitrogens is 4. The summed E-state index contributed by atoms with van der Waals surface area (Å²) in [4.78, 5) is 17.4. The minimum Gasteiger partial charge on any atom is -0.490 e. The fourth-order valence-corrected chi connectivity index (χ4v) is 5.03. The van der Waals surface area contributed by atoms with E-state index in [0.717, 1.165) is 56.7 Å². The maximum atomic E-state index is 14.3. The third-order valence-electron chi connectivity index (χ3n) is 7.36. The molecule has 36 heavy (non-hydrogen) atoms. The van der Waals surface area contributed by atoms with Gasteiger partial charge in [0, 0.05) is 44.1 Å². The number of benzene rings is 1. The highest BCUT2D eigenvalue weighted by Gasteiger charge is 2.35. The maximum Gasteiger partial charge on any atom is 0.324 e. The van der Waals surface area contributed by atoms with Gasteiger partial charge in [-0.15, -0.1) is 0 Å². The molecule has 0 radical (unpaired) electrons. The van der Waals surface area contributed by atoms with Crippen molar-refractivity contribution in [2.45, 2.75) is 43.6 Å². The van der Waals surface area contributed by atoms with Gasteiger partial charge in [-0.1, -0.05) is 5.16 Å². The number of ether oxygens (including phenoxy) is 1. The van der Waals surface area contributed by atoms with Crippen LogP contribution in [0.15, 0.2) is 35.1 Å². The number of nitrogens with zero attached hydrogens (tertiary/aromatic N) is 6. The number of anilines is 2. The Kier molecular flexibility index (Phi) is 6.16. The molecule has 1 saturated carbocycles. The van der Waals surface area contributed by atoms with Crippen LogP contribution in [0.5, 0.6) is 5.75 Å². The van der Waals surface area contributed by atoms with Crippen LogP contribution in [0.2, 0.25) is 0 Å². The van der Waals surface area contributed by atoms with Crippen LogP contribution in [-0.2, 0) is 0 Å². The molecule has 3 aromatic rings. The first kappa shape index (κ1) is 23.1. The van der Waals surface area contributed by atoms with Crippen LogP contribution >= 0.6 is 0 Å². The van der Waals surface area contributed by atoms with E-state index >= 15 is 0 Å². The zero-order valence-electron chi connectivity index (χ0n) is 19.9. The molecule has 2 saturated heterocycles. The number of piperidine rings is 1. The van der Waals surface area contributed by atoms with Crippen molar-refractivity contribution in [3.63, 3.8) is 0 Å². The lowest BCUT2D eigenvalue weighted by molar-refractivity contribution is 0.219. The van der Waals surface area contributed by atoms with E-state index in [-0.39, 0.29) is 12.0 Å². The fourth-order valence-electron chi connectivity index (χ4n) is 5.03. The molecular formula is C25H29F2N7O2. The molecule has 0 unspecified atom stereocenters. The standard InChI is InChI=1S/C25H29F2N7O2/c26-17-3-4-21(27)19(9-17)20-12-34(13-22(20)28)24-29-10-18(11-30-24)35-14-15-5-7-33(8-6-15)25-31-23(32-36-25)16-1-2-16/h3-4,9-11,15-16,20,22H,1-2,5-8,12-14,28H2/t20-,22+/m1/s1. The molecular weight excluding hydrogens is 468 g/mol. The van der Waals surface area contributed by atoms with Crippen LogP contribution in [-0.4, -0.2) is 58.9 Å². The number of hydrogen-bond donors (Lipinski definition) is 1. The summed E-state index contributed by atoms with van der Waals surface area (Å²) in [6, 6.07) is 3.76. The Morgan fingerprint density at radius 3 is 2.56 bits per heavy atom. The second-order valence-corrected chi connectivity index (χ2v) is 10.0. The normalized spacial score (nSPS) is 22.9. The molecule has 3 aliphatic rings. The first-order chi connectivity index (χ1) is 17.5. The molecule has 1 aliphatic carbocycles. The average Bonchev–Trinajstić information content (AvgIpc) is 3.50. The molecule has 2 atom stereocenters. The largest absolute Gasteiger partial charge is 0.490 e.